The van der Waals surface area contributed by atoms with Crippen LogP contribution in [0.3, 0.4) is 0 Å². The summed E-state index contributed by atoms with van der Waals surface area (Å²) in [5.41, 5.74) is 5.55. The van der Waals surface area contributed by atoms with Crippen molar-refractivity contribution in [1.82, 2.24) is 9.80 Å². The second kappa shape index (κ2) is 5.83. The van der Waals surface area contributed by atoms with Gasteiger partial charge in [0.1, 0.15) is 0 Å². The van der Waals surface area contributed by atoms with Crippen molar-refractivity contribution in [2.75, 3.05) is 39.3 Å². The van der Waals surface area contributed by atoms with E-state index >= 15 is 0 Å². The molecule has 0 aromatic rings. The second-order valence-electron chi connectivity index (χ2n) is 5.47. The van der Waals surface area contributed by atoms with Crippen LogP contribution in [-0.4, -0.2) is 55.0 Å². The lowest BCUT2D eigenvalue weighted by molar-refractivity contribution is -0.138. The maximum Gasteiger partial charge on any atom is 0.226 e. The number of nitrogens with zero attached hydrogens (tertiary/aromatic N) is 2. The molecule has 1 heterocycles. The van der Waals surface area contributed by atoms with Crippen LogP contribution in [0.15, 0.2) is 0 Å². The minimum absolute atomic E-state index is 0.302. The van der Waals surface area contributed by atoms with Gasteiger partial charge < -0.3 is 10.6 Å². The van der Waals surface area contributed by atoms with Crippen molar-refractivity contribution in [3.05, 3.63) is 0 Å². The van der Waals surface area contributed by atoms with Crippen LogP contribution in [0.2, 0.25) is 0 Å². The van der Waals surface area contributed by atoms with E-state index < -0.39 is 0 Å². The highest BCUT2D eigenvalue weighted by Gasteiger charge is 2.33. The van der Waals surface area contributed by atoms with Crippen LogP contribution >= 0.6 is 0 Å². The predicted octanol–water partition coefficient (Wildman–Crippen LogP) is 0.526. The number of hydrogen-bond donors (Lipinski definition) is 1. The van der Waals surface area contributed by atoms with E-state index in [-0.39, 0.29) is 0 Å². The van der Waals surface area contributed by atoms with Crippen LogP contribution in [0.4, 0.5) is 0 Å². The Morgan fingerprint density at radius 3 is 2.47 bits per heavy atom. The number of carbonyl (C=O) groups excluding carboxylic acids is 1. The van der Waals surface area contributed by atoms with Crippen molar-refractivity contribution in [1.29, 1.82) is 0 Å². The molecular weight excluding hydrogens is 214 g/mol. The molecule has 1 amide bonds. The van der Waals surface area contributed by atoms with Gasteiger partial charge in [-0.15, -0.1) is 0 Å². The highest BCUT2D eigenvalue weighted by Crippen LogP contribution is 2.32. The highest BCUT2D eigenvalue weighted by molar-refractivity contribution is 5.79. The van der Waals surface area contributed by atoms with E-state index in [1.807, 2.05) is 0 Å². The number of carbonyl (C=O) groups is 1. The molecular formula is C13H25N3O. The fourth-order valence-electron chi connectivity index (χ4n) is 3.12. The third-order valence-corrected chi connectivity index (χ3v) is 4.31. The van der Waals surface area contributed by atoms with Gasteiger partial charge >= 0.3 is 0 Å². The van der Waals surface area contributed by atoms with E-state index in [0.29, 0.717) is 24.3 Å². The third-order valence-electron chi connectivity index (χ3n) is 4.31. The van der Waals surface area contributed by atoms with Crippen molar-refractivity contribution in [3.8, 4) is 0 Å². The van der Waals surface area contributed by atoms with Crippen LogP contribution in [-0.2, 0) is 4.79 Å². The van der Waals surface area contributed by atoms with Gasteiger partial charge in [0.25, 0.3) is 0 Å². The molecule has 0 spiro atoms. The van der Waals surface area contributed by atoms with Gasteiger partial charge in [-0.1, -0.05) is 13.3 Å². The van der Waals surface area contributed by atoms with Crippen LogP contribution in [0.25, 0.3) is 0 Å². The van der Waals surface area contributed by atoms with Crippen LogP contribution < -0.4 is 5.73 Å². The van der Waals surface area contributed by atoms with E-state index in [4.69, 9.17) is 5.73 Å². The Bertz CT molecular complexity index is 261. The number of amides is 1. The molecule has 2 fully saturated rings. The molecule has 98 valence electrons. The Hall–Kier alpha value is -0.610. The van der Waals surface area contributed by atoms with Gasteiger partial charge in [-0.3, -0.25) is 9.69 Å². The summed E-state index contributed by atoms with van der Waals surface area (Å²) in [7, 11) is 0. The predicted molar refractivity (Wildman–Crippen MR) is 68.6 cm³/mol. The van der Waals surface area contributed by atoms with Crippen LogP contribution in [0, 0.1) is 11.8 Å². The van der Waals surface area contributed by atoms with Gasteiger partial charge in [0.2, 0.25) is 5.91 Å². The molecule has 0 radical (unpaired) electrons. The molecule has 4 nitrogen and oxygen atoms in total. The van der Waals surface area contributed by atoms with Gasteiger partial charge in [0.05, 0.1) is 0 Å². The molecule has 4 heteroatoms. The first-order valence-corrected chi connectivity index (χ1v) is 6.93. The van der Waals surface area contributed by atoms with E-state index in [2.05, 4.69) is 16.7 Å². The smallest absolute Gasteiger partial charge is 0.226 e. The lowest BCUT2D eigenvalue weighted by atomic mass is 9.96. The monoisotopic (exact) mass is 239 g/mol. The quantitative estimate of drug-likeness (QED) is 0.781. The summed E-state index contributed by atoms with van der Waals surface area (Å²) in [6.07, 6.45) is 3.55. The first-order valence-electron chi connectivity index (χ1n) is 6.93. The first kappa shape index (κ1) is 12.8. The van der Waals surface area contributed by atoms with E-state index in [1.54, 1.807) is 0 Å². The molecule has 0 aromatic carbocycles. The molecule has 2 aliphatic rings. The molecule has 2 unspecified atom stereocenters. The van der Waals surface area contributed by atoms with Crippen molar-refractivity contribution in [3.63, 3.8) is 0 Å². The summed E-state index contributed by atoms with van der Waals surface area (Å²) < 4.78 is 0. The fourth-order valence-corrected chi connectivity index (χ4v) is 3.12. The summed E-state index contributed by atoms with van der Waals surface area (Å²) in [4.78, 5) is 16.8. The maximum atomic E-state index is 12.4. The molecule has 0 bridgehead atoms. The number of rotatable bonds is 3. The number of nitrogens with two attached hydrogens (primary N) is 1. The Kier molecular flexibility index (Phi) is 4.40. The molecule has 1 saturated carbocycles. The lowest BCUT2D eigenvalue weighted by Gasteiger charge is -2.36. The second-order valence-corrected chi connectivity index (χ2v) is 5.47. The normalized spacial score (nSPS) is 30.8. The van der Waals surface area contributed by atoms with Gasteiger partial charge in [-0.25, -0.2) is 0 Å². The van der Waals surface area contributed by atoms with Gasteiger partial charge in [-0.05, 0) is 18.8 Å². The Labute approximate surface area is 104 Å². The van der Waals surface area contributed by atoms with Crippen molar-refractivity contribution >= 4 is 5.91 Å². The minimum atomic E-state index is 0.302. The average Bonchev–Trinajstić information content (AvgIpc) is 2.76. The summed E-state index contributed by atoms with van der Waals surface area (Å²) in [5, 5.41) is 0. The Balaban J connectivity index is 1.82. The molecule has 1 aliphatic heterocycles. The summed E-state index contributed by atoms with van der Waals surface area (Å²) >= 11 is 0. The summed E-state index contributed by atoms with van der Waals surface area (Å²) in [6, 6.07) is 0. The standard InChI is InChI=1S/C13H25N3O/c1-11-3-2-4-12(11)13(17)16-9-7-15(6-5-14)8-10-16/h11-12H,2-10,14H2,1H3. The Morgan fingerprint density at radius 2 is 1.94 bits per heavy atom. The average molecular weight is 239 g/mol. The SMILES string of the molecule is CC1CCCC1C(=O)N1CCN(CCN)CC1. The van der Waals surface area contributed by atoms with E-state index in [9.17, 15) is 4.79 Å². The van der Waals surface area contributed by atoms with Crippen molar-refractivity contribution in [2.45, 2.75) is 26.2 Å². The zero-order valence-corrected chi connectivity index (χ0v) is 10.9. The summed E-state index contributed by atoms with van der Waals surface area (Å²) in [5.74, 6) is 1.29. The topological polar surface area (TPSA) is 49.6 Å². The molecule has 2 N–H and O–H groups in total. The lowest BCUT2D eigenvalue weighted by Crippen LogP contribution is -2.51. The maximum absolute atomic E-state index is 12.4. The molecule has 2 rings (SSSR count). The minimum Gasteiger partial charge on any atom is -0.340 e. The highest BCUT2D eigenvalue weighted by atomic mass is 16.2. The molecule has 2 atom stereocenters. The number of piperazine rings is 1. The molecule has 0 aromatic heterocycles. The zero-order valence-electron chi connectivity index (χ0n) is 10.9. The van der Waals surface area contributed by atoms with Crippen LogP contribution in [0.5, 0.6) is 0 Å². The summed E-state index contributed by atoms with van der Waals surface area (Å²) in [6.45, 7) is 7.66. The van der Waals surface area contributed by atoms with Crippen molar-refractivity contribution in [2.24, 2.45) is 17.6 Å². The first-order chi connectivity index (χ1) is 8.22. The Morgan fingerprint density at radius 1 is 1.24 bits per heavy atom. The van der Waals surface area contributed by atoms with Crippen LogP contribution in [0.1, 0.15) is 26.2 Å². The van der Waals surface area contributed by atoms with Crippen molar-refractivity contribution < 1.29 is 4.79 Å². The van der Waals surface area contributed by atoms with E-state index in [1.165, 1.54) is 12.8 Å². The number of hydrogen-bond acceptors (Lipinski definition) is 3. The molecule has 1 saturated heterocycles. The van der Waals surface area contributed by atoms with E-state index in [0.717, 1.165) is 39.1 Å². The largest absolute Gasteiger partial charge is 0.340 e. The fraction of sp³-hybridized carbons (Fsp3) is 0.923. The zero-order chi connectivity index (χ0) is 12.3. The molecule has 1 aliphatic carbocycles. The van der Waals surface area contributed by atoms with Gasteiger partial charge in [0, 0.05) is 45.2 Å². The van der Waals surface area contributed by atoms with Gasteiger partial charge in [-0.2, -0.15) is 0 Å². The molecule has 17 heavy (non-hydrogen) atoms. The van der Waals surface area contributed by atoms with Gasteiger partial charge in [0.15, 0.2) is 0 Å². The third kappa shape index (κ3) is 2.99.